The number of amides is 1. The van der Waals surface area contributed by atoms with Crippen molar-refractivity contribution in [1.82, 2.24) is 15.1 Å². The molecule has 3 heterocycles. The van der Waals surface area contributed by atoms with Crippen LogP contribution in [0, 0.1) is 0 Å². The summed E-state index contributed by atoms with van der Waals surface area (Å²) in [5.74, 6) is 0.546. The van der Waals surface area contributed by atoms with E-state index in [0.717, 1.165) is 11.3 Å². The van der Waals surface area contributed by atoms with Crippen molar-refractivity contribution < 1.29 is 32.2 Å². The highest BCUT2D eigenvalue weighted by Crippen LogP contribution is 2.28. The Morgan fingerprint density at radius 2 is 2.21 bits per heavy atom. The number of benzene rings is 1. The molecule has 0 saturated heterocycles. The van der Waals surface area contributed by atoms with Crippen molar-refractivity contribution in [2.45, 2.75) is 37.9 Å². The fraction of sp³-hybridized carbons (Fsp3) is 0.444. The molecule has 2 aliphatic heterocycles. The fourth-order valence-corrected chi connectivity index (χ4v) is 3.48. The number of nitrogens with zero attached hydrogens (tertiary/aromatic N) is 2. The van der Waals surface area contributed by atoms with Crippen LogP contribution in [0.5, 0.6) is 11.6 Å². The van der Waals surface area contributed by atoms with Gasteiger partial charge in [-0.2, -0.15) is 5.10 Å². The molecule has 4 rings (SSSR count). The van der Waals surface area contributed by atoms with E-state index in [1.807, 2.05) is 0 Å². The lowest BCUT2D eigenvalue weighted by Crippen LogP contribution is -2.42. The van der Waals surface area contributed by atoms with E-state index < -0.39 is 25.0 Å². The van der Waals surface area contributed by atoms with Gasteiger partial charge in [0.2, 0.25) is 5.88 Å². The zero-order chi connectivity index (χ0) is 20.6. The van der Waals surface area contributed by atoms with Crippen LogP contribution in [0.1, 0.15) is 22.5 Å². The molecule has 0 bridgehead atoms. The van der Waals surface area contributed by atoms with Gasteiger partial charge >= 0.3 is 6.36 Å². The molecule has 0 radical (unpaired) electrons. The van der Waals surface area contributed by atoms with Crippen LogP contribution in [-0.4, -0.2) is 47.4 Å². The summed E-state index contributed by atoms with van der Waals surface area (Å²) in [5, 5.41) is 7.61. The zero-order valence-electron chi connectivity index (χ0n) is 15.0. The van der Waals surface area contributed by atoms with Gasteiger partial charge in [-0.1, -0.05) is 11.6 Å². The molecule has 1 unspecified atom stereocenters. The Morgan fingerprint density at radius 1 is 1.38 bits per heavy atom. The third-order valence-corrected chi connectivity index (χ3v) is 4.86. The van der Waals surface area contributed by atoms with Crippen LogP contribution >= 0.6 is 11.6 Å². The summed E-state index contributed by atoms with van der Waals surface area (Å²) in [4.78, 5) is 12.6. The number of nitrogens with one attached hydrogen (secondary N) is 1. The van der Waals surface area contributed by atoms with E-state index in [4.69, 9.17) is 21.1 Å². The molecular formula is C18H17ClF3N3O4. The molecule has 2 atom stereocenters. The molecule has 0 fully saturated rings. The average Bonchev–Trinajstić information content (AvgIpc) is 3.09. The lowest BCUT2D eigenvalue weighted by atomic mass is 10.0. The van der Waals surface area contributed by atoms with Crippen molar-refractivity contribution in [3.8, 4) is 11.6 Å². The van der Waals surface area contributed by atoms with Crippen LogP contribution in [0.2, 0.25) is 5.02 Å². The highest BCUT2D eigenvalue weighted by Gasteiger charge is 2.33. The predicted molar refractivity (Wildman–Crippen MR) is 95.2 cm³/mol. The third kappa shape index (κ3) is 4.76. The number of aromatic nitrogens is 2. The molecule has 1 aromatic heterocycles. The van der Waals surface area contributed by atoms with Gasteiger partial charge in [-0.3, -0.25) is 9.53 Å². The van der Waals surface area contributed by atoms with E-state index in [1.165, 1.54) is 10.7 Å². The first-order valence-electron chi connectivity index (χ1n) is 8.94. The maximum atomic E-state index is 12.6. The van der Waals surface area contributed by atoms with E-state index in [1.54, 1.807) is 18.2 Å². The van der Waals surface area contributed by atoms with Crippen LogP contribution in [0.15, 0.2) is 24.3 Å². The van der Waals surface area contributed by atoms with Crippen molar-refractivity contribution >= 4 is 17.5 Å². The first-order valence-corrected chi connectivity index (χ1v) is 9.32. The van der Waals surface area contributed by atoms with Gasteiger partial charge in [0.05, 0.1) is 12.6 Å². The van der Waals surface area contributed by atoms with Gasteiger partial charge < -0.3 is 14.8 Å². The largest absolute Gasteiger partial charge is 0.522 e. The number of fused-ring (bicyclic) bond motifs is 2. The van der Waals surface area contributed by atoms with E-state index in [0.29, 0.717) is 31.0 Å². The van der Waals surface area contributed by atoms with E-state index in [9.17, 15) is 18.0 Å². The van der Waals surface area contributed by atoms with Crippen molar-refractivity contribution in [3.05, 3.63) is 40.5 Å². The Morgan fingerprint density at radius 3 is 3.00 bits per heavy atom. The minimum atomic E-state index is -4.71. The molecule has 1 amide bonds. The van der Waals surface area contributed by atoms with Gasteiger partial charge in [-0.25, -0.2) is 4.68 Å². The number of hydrogen-bond acceptors (Lipinski definition) is 5. The summed E-state index contributed by atoms with van der Waals surface area (Å²) >= 11 is 6.00. The van der Waals surface area contributed by atoms with Gasteiger partial charge in [0.25, 0.3) is 5.91 Å². The van der Waals surface area contributed by atoms with E-state index in [2.05, 4.69) is 15.2 Å². The molecule has 0 spiro atoms. The number of carbonyl (C=O) groups is 1. The Hall–Kier alpha value is -2.46. The van der Waals surface area contributed by atoms with Crippen LogP contribution in [0.3, 0.4) is 0 Å². The van der Waals surface area contributed by atoms with Gasteiger partial charge in [0.1, 0.15) is 18.5 Å². The van der Waals surface area contributed by atoms with Gasteiger partial charge in [0, 0.05) is 24.1 Å². The minimum absolute atomic E-state index is 0.120. The maximum Gasteiger partial charge on any atom is 0.522 e. The number of aryl methyl sites for hydroxylation is 1. The predicted octanol–water partition coefficient (Wildman–Crippen LogP) is 2.96. The molecule has 0 aliphatic carbocycles. The molecule has 156 valence electrons. The number of alkyl halides is 3. The number of carbonyl (C=O) groups excluding carboxylic acids is 1. The smallest absolute Gasteiger partial charge is 0.491 e. The molecule has 11 heteroatoms. The van der Waals surface area contributed by atoms with Gasteiger partial charge in [-0.15, -0.1) is 13.2 Å². The average molecular weight is 432 g/mol. The van der Waals surface area contributed by atoms with Crippen LogP contribution in [-0.2, 0) is 17.7 Å². The number of hydrogen-bond donors (Lipinski definition) is 1. The summed E-state index contributed by atoms with van der Waals surface area (Å²) in [6.07, 6.45) is -4.62. The summed E-state index contributed by atoms with van der Waals surface area (Å²) in [5.41, 5.74) is 1.02. The summed E-state index contributed by atoms with van der Waals surface area (Å²) in [6, 6.07) is 6.46. The molecule has 29 heavy (non-hydrogen) atoms. The van der Waals surface area contributed by atoms with E-state index in [-0.39, 0.29) is 17.6 Å². The van der Waals surface area contributed by atoms with Crippen LogP contribution in [0.4, 0.5) is 13.2 Å². The second-order valence-corrected chi connectivity index (χ2v) is 7.25. The lowest BCUT2D eigenvalue weighted by Gasteiger charge is -2.26. The molecule has 2 aliphatic rings. The van der Waals surface area contributed by atoms with Crippen molar-refractivity contribution in [2.24, 2.45) is 0 Å². The van der Waals surface area contributed by atoms with Gasteiger partial charge in [-0.05, 0) is 30.2 Å². The SMILES string of the molecule is O=C(N[C@H]1COc2ccc(Cl)cc2C1)c1cc2n(n1)CCC(COC(F)(F)F)O2. The topological polar surface area (TPSA) is 74.6 Å². The zero-order valence-corrected chi connectivity index (χ0v) is 15.8. The molecule has 0 saturated carbocycles. The van der Waals surface area contributed by atoms with Crippen molar-refractivity contribution in [1.29, 1.82) is 0 Å². The lowest BCUT2D eigenvalue weighted by molar-refractivity contribution is -0.330. The molecular weight excluding hydrogens is 415 g/mol. The first-order chi connectivity index (χ1) is 13.8. The fourth-order valence-electron chi connectivity index (χ4n) is 3.28. The molecule has 2 aromatic rings. The third-order valence-electron chi connectivity index (χ3n) is 4.62. The highest BCUT2D eigenvalue weighted by molar-refractivity contribution is 6.30. The van der Waals surface area contributed by atoms with Crippen LogP contribution in [0.25, 0.3) is 0 Å². The molecule has 7 nitrogen and oxygen atoms in total. The molecule has 1 aromatic carbocycles. The summed E-state index contributed by atoms with van der Waals surface area (Å²) in [6.45, 7) is 0.0196. The standard InChI is InChI=1S/C18H17ClF3N3O4/c19-11-1-2-15-10(5-11)6-12(8-27-15)23-17(26)14-7-16-25(24-14)4-3-13(29-16)9-28-18(20,21)22/h1-2,5,7,12-13H,3-4,6,8-9H2,(H,23,26)/t12-,13?/m1/s1. The quantitative estimate of drug-likeness (QED) is 0.805. The monoisotopic (exact) mass is 431 g/mol. The Kier molecular flexibility index (Phi) is 5.30. The van der Waals surface area contributed by atoms with Crippen molar-refractivity contribution in [2.75, 3.05) is 13.2 Å². The normalized spacial score (nSPS) is 20.8. The Labute approximate surface area is 168 Å². The van der Waals surface area contributed by atoms with Gasteiger partial charge in [0.15, 0.2) is 5.69 Å². The second-order valence-electron chi connectivity index (χ2n) is 6.81. The number of ether oxygens (including phenoxy) is 3. The number of halogens is 4. The van der Waals surface area contributed by atoms with E-state index >= 15 is 0 Å². The molecule has 1 N–H and O–H groups in total. The Balaban J connectivity index is 1.37. The number of rotatable bonds is 4. The summed E-state index contributed by atoms with van der Waals surface area (Å²) < 4.78 is 52.9. The highest BCUT2D eigenvalue weighted by atomic mass is 35.5. The Bertz CT molecular complexity index is 918. The second kappa shape index (κ2) is 7.75. The van der Waals surface area contributed by atoms with Crippen molar-refractivity contribution in [3.63, 3.8) is 0 Å². The minimum Gasteiger partial charge on any atom is -0.491 e. The maximum absolute atomic E-state index is 12.6. The van der Waals surface area contributed by atoms with Crippen LogP contribution < -0.4 is 14.8 Å². The summed E-state index contributed by atoms with van der Waals surface area (Å²) in [7, 11) is 0. The first kappa shape index (κ1) is 19.8.